The molecule has 0 saturated heterocycles. The average Bonchev–Trinajstić information content (AvgIpc) is 3.08. The van der Waals surface area contributed by atoms with E-state index < -0.39 is 0 Å². The minimum Gasteiger partial charge on any atom is -0.497 e. The minimum atomic E-state index is 0.539. The quantitative estimate of drug-likeness (QED) is 0.746. The smallest absolute Gasteiger partial charge is 0.242 e. The fourth-order valence-corrected chi connectivity index (χ4v) is 2.41. The van der Waals surface area contributed by atoms with E-state index in [1.807, 2.05) is 48.1 Å². The first-order valence-corrected chi connectivity index (χ1v) is 7.61. The Kier molecular flexibility index (Phi) is 4.50. The van der Waals surface area contributed by atoms with E-state index >= 15 is 0 Å². The number of hydrogen-bond donors (Lipinski definition) is 1. The zero-order valence-corrected chi connectivity index (χ0v) is 12.8. The maximum absolute atomic E-state index is 5.84. The number of methoxy groups -OCH3 is 1. The van der Waals surface area contributed by atoms with Crippen molar-refractivity contribution in [2.45, 2.75) is 6.54 Å². The molecule has 3 aromatic rings. The summed E-state index contributed by atoms with van der Waals surface area (Å²) in [6.07, 6.45) is 3.55. The average molecular weight is 313 g/mol. The molecule has 2 aromatic heterocycles. The minimum absolute atomic E-state index is 0.539. The summed E-state index contributed by atoms with van der Waals surface area (Å²) in [5.41, 5.74) is 2.65. The van der Waals surface area contributed by atoms with E-state index in [2.05, 4.69) is 15.3 Å². The Morgan fingerprint density at radius 2 is 1.95 bits per heavy atom. The molecule has 112 valence electrons. The van der Waals surface area contributed by atoms with Crippen LogP contribution in [-0.4, -0.2) is 17.1 Å². The Morgan fingerprint density at radius 3 is 2.68 bits per heavy atom. The zero-order chi connectivity index (χ0) is 15.2. The number of nitrogens with one attached hydrogen (secondary N) is 1. The van der Waals surface area contributed by atoms with Crippen molar-refractivity contribution in [1.82, 2.24) is 9.97 Å². The molecule has 5 nitrogen and oxygen atoms in total. The van der Waals surface area contributed by atoms with Crippen LogP contribution in [0.2, 0.25) is 0 Å². The van der Waals surface area contributed by atoms with E-state index in [1.54, 1.807) is 24.6 Å². The topological polar surface area (TPSA) is 56.3 Å². The third kappa shape index (κ3) is 3.53. The fourth-order valence-electron chi connectivity index (χ4n) is 1.87. The van der Waals surface area contributed by atoms with Gasteiger partial charge in [-0.1, -0.05) is 0 Å². The van der Waals surface area contributed by atoms with Gasteiger partial charge in [0.25, 0.3) is 0 Å². The summed E-state index contributed by atoms with van der Waals surface area (Å²) < 4.78 is 11.0. The third-order valence-electron chi connectivity index (χ3n) is 2.98. The van der Waals surface area contributed by atoms with Gasteiger partial charge in [0.15, 0.2) is 0 Å². The second kappa shape index (κ2) is 6.91. The first kappa shape index (κ1) is 14.3. The van der Waals surface area contributed by atoms with Crippen LogP contribution in [0.3, 0.4) is 0 Å². The normalized spacial score (nSPS) is 10.2. The van der Waals surface area contributed by atoms with Crippen molar-refractivity contribution in [3.05, 3.63) is 59.2 Å². The molecule has 1 N–H and O–H groups in total. The van der Waals surface area contributed by atoms with Gasteiger partial charge in [-0.15, -0.1) is 11.3 Å². The third-order valence-corrected chi connectivity index (χ3v) is 3.76. The van der Waals surface area contributed by atoms with Crippen molar-refractivity contribution in [3.63, 3.8) is 0 Å². The van der Waals surface area contributed by atoms with Crippen molar-refractivity contribution >= 4 is 17.0 Å². The molecular formula is C16H15N3O2S. The van der Waals surface area contributed by atoms with Crippen molar-refractivity contribution in [1.29, 1.82) is 0 Å². The van der Waals surface area contributed by atoms with E-state index in [4.69, 9.17) is 9.47 Å². The highest BCUT2D eigenvalue weighted by Crippen LogP contribution is 2.28. The van der Waals surface area contributed by atoms with Crippen molar-refractivity contribution in [2.24, 2.45) is 0 Å². The molecule has 0 amide bonds. The predicted octanol–water partition coefficient (Wildman–Crippen LogP) is 3.95. The molecule has 0 fully saturated rings. The number of hydrogen-bond acceptors (Lipinski definition) is 6. The first-order chi connectivity index (χ1) is 10.8. The highest BCUT2D eigenvalue weighted by atomic mass is 32.1. The first-order valence-electron chi connectivity index (χ1n) is 6.73. The molecule has 0 unspecified atom stereocenters. The second-order valence-electron chi connectivity index (χ2n) is 4.46. The highest BCUT2D eigenvalue weighted by Gasteiger charge is 2.06. The summed E-state index contributed by atoms with van der Waals surface area (Å²) in [4.78, 5) is 9.50. The molecule has 0 spiro atoms. The second-order valence-corrected chi connectivity index (χ2v) is 5.43. The van der Waals surface area contributed by atoms with Crippen LogP contribution in [0.15, 0.2) is 54.3 Å². The number of anilines is 1. The maximum atomic E-state index is 5.84. The summed E-state index contributed by atoms with van der Waals surface area (Å²) in [6.45, 7) is 0.690. The van der Waals surface area contributed by atoms with E-state index in [0.29, 0.717) is 18.2 Å². The number of aromatic nitrogens is 2. The number of rotatable bonds is 6. The van der Waals surface area contributed by atoms with E-state index in [0.717, 1.165) is 16.3 Å². The van der Waals surface area contributed by atoms with Crippen LogP contribution in [0.5, 0.6) is 17.4 Å². The molecule has 22 heavy (non-hydrogen) atoms. The van der Waals surface area contributed by atoms with Crippen LogP contribution in [0.1, 0.15) is 4.88 Å². The van der Waals surface area contributed by atoms with Gasteiger partial charge in [0.05, 0.1) is 24.9 Å². The molecule has 0 radical (unpaired) electrons. The SMILES string of the molecule is COc1ccc(Oc2ncccc2NCc2cncs2)cc1. The molecule has 2 heterocycles. The molecule has 1 aromatic carbocycles. The fraction of sp³-hybridized carbons (Fsp3) is 0.125. The van der Waals surface area contributed by atoms with E-state index in [9.17, 15) is 0 Å². The summed E-state index contributed by atoms with van der Waals surface area (Å²) >= 11 is 1.61. The Bertz CT molecular complexity index is 715. The largest absolute Gasteiger partial charge is 0.497 e. The van der Waals surface area contributed by atoms with Crippen LogP contribution in [-0.2, 0) is 6.54 Å². The lowest BCUT2D eigenvalue weighted by molar-refractivity contribution is 0.412. The van der Waals surface area contributed by atoms with Crippen LogP contribution in [0.25, 0.3) is 0 Å². The van der Waals surface area contributed by atoms with Crippen molar-refractivity contribution < 1.29 is 9.47 Å². The van der Waals surface area contributed by atoms with Crippen molar-refractivity contribution in [2.75, 3.05) is 12.4 Å². The number of nitrogens with zero attached hydrogens (tertiary/aromatic N) is 2. The zero-order valence-electron chi connectivity index (χ0n) is 12.0. The lowest BCUT2D eigenvalue weighted by atomic mass is 10.3. The Morgan fingerprint density at radius 1 is 1.14 bits per heavy atom. The van der Waals surface area contributed by atoms with Gasteiger partial charge in [0.1, 0.15) is 11.5 Å². The monoisotopic (exact) mass is 313 g/mol. The number of pyridine rings is 1. The Balaban J connectivity index is 1.72. The molecule has 6 heteroatoms. The summed E-state index contributed by atoms with van der Waals surface area (Å²) in [7, 11) is 1.63. The molecule has 0 atom stereocenters. The predicted molar refractivity (Wildman–Crippen MR) is 86.7 cm³/mol. The van der Waals surface area contributed by atoms with Crippen molar-refractivity contribution in [3.8, 4) is 17.4 Å². The Hall–Kier alpha value is -2.60. The van der Waals surface area contributed by atoms with E-state index in [-0.39, 0.29) is 0 Å². The number of ether oxygens (including phenoxy) is 2. The molecule has 0 bridgehead atoms. The summed E-state index contributed by atoms with van der Waals surface area (Å²) in [5.74, 6) is 2.04. The van der Waals surface area contributed by atoms with Gasteiger partial charge in [0, 0.05) is 17.3 Å². The number of thiazole rings is 1. The molecule has 0 aliphatic carbocycles. The lowest BCUT2D eigenvalue weighted by Crippen LogP contribution is -2.00. The van der Waals surface area contributed by atoms with Gasteiger partial charge in [-0.2, -0.15) is 0 Å². The van der Waals surface area contributed by atoms with Crippen LogP contribution < -0.4 is 14.8 Å². The summed E-state index contributed by atoms with van der Waals surface area (Å²) in [5, 5.41) is 3.32. The van der Waals surface area contributed by atoms with Gasteiger partial charge in [-0.25, -0.2) is 4.98 Å². The standard InChI is InChI=1S/C16H15N3O2S/c1-20-12-4-6-13(7-5-12)21-16-15(3-2-8-18-16)19-10-14-9-17-11-22-14/h2-9,11,19H,10H2,1H3. The van der Waals surface area contributed by atoms with Gasteiger partial charge in [0.2, 0.25) is 5.88 Å². The maximum Gasteiger partial charge on any atom is 0.242 e. The van der Waals surface area contributed by atoms with Gasteiger partial charge in [-0.3, -0.25) is 4.98 Å². The molecule has 0 aliphatic heterocycles. The molecule has 0 aliphatic rings. The van der Waals surface area contributed by atoms with Crippen LogP contribution >= 0.6 is 11.3 Å². The molecular weight excluding hydrogens is 298 g/mol. The molecule has 3 rings (SSSR count). The van der Waals surface area contributed by atoms with Gasteiger partial charge < -0.3 is 14.8 Å². The van der Waals surface area contributed by atoms with Crippen LogP contribution in [0, 0.1) is 0 Å². The lowest BCUT2D eigenvalue weighted by Gasteiger charge is -2.11. The van der Waals surface area contributed by atoms with Gasteiger partial charge in [-0.05, 0) is 36.4 Å². The van der Waals surface area contributed by atoms with Gasteiger partial charge >= 0.3 is 0 Å². The molecule has 0 saturated carbocycles. The summed E-state index contributed by atoms with van der Waals surface area (Å²) in [6, 6.07) is 11.2. The number of benzene rings is 1. The van der Waals surface area contributed by atoms with Crippen LogP contribution in [0.4, 0.5) is 5.69 Å². The Labute approximate surface area is 132 Å². The highest BCUT2D eigenvalue weighted by molar-refractivity contribution is 7.09. The van der Waals surface area contributed by atoms with E-state index in [1.165, 1.54) is 0 Å².